The van der Waals surface area contributed by atoms with E-state index in [2.05, 4.69) is 34.7 Å². The molecule has 142 valence electrons. The Bertz CT molecular complexity index is 966. The van der Waals surface area contributed by atoms with Crippen LogP contribution in [0.25, 0.3) is 23.1 Å². The van der Waals surface area contributed by atoms with E-state index in [0.29, 0.717) is 12.3 Å². The molecule has 2 heterocycles. The number of aromatic amines is 1. The van der Waals surface area contributed by atoms with Crippen LogP contribution < -0.4 is 0 Å². The van der Waals surface area contributed by atoms with E-state index in [-0.39, 0.29) is 0 Å². The quantitative estimate of drug-likeness (QED) is 0.357. The van der Waals surface area contributed by atoms with Crippen LogP contribution in [0.5, 0.6) is 0 Å². The molecule has 6 nitrogen and oxygen atoms in total. The molecule has 0 saturated carbocycles. The van der Waals surface area contributed by atoms with Crippen LogP contribution in [-0.4, -0.2) is 40.7 Å². The molecule has 2 aromatic heterocycles. The second-order valence-electron chi connectivity index (χ2n) is 7.91. The van der Waals surface area contributed by atoms with Crippen LogP contribution in [0.2, 0.25) is 25.7 Å². The van der Waals surface area contributed by atoms with Gasteiger partial charge in [-0.15, -0.1) is 0 Å². The second kappa shape index (κ2) is 8.02. The molecule has 0 radical (unpaired) electrons. The standard InChI is InChI=1S/C20H26N4O2Si/c1-15-12-21-20(22-15)8-7-18-17-6-5-16(13-25)11-19(17)24(23-18)14-26-9-10-27(2,3)4/h5-8,11-13H,9-10,14H2,1-4H3,(H,21,22). The van der Waals surface area contributed by atoms with Crippen LogP contribution >= 0.6 is 0 Å². The van der Waals surface area contributed by atoms with Crippen molar-refractivity contribution in [2.24, 2.45) is 0 Å². The highest BCUT2D eigenvalue weighted by Crippen LogP contribution is 2.22. The Morgan fingerprint density at radius 3 is 2.74 bits per heavy atom. The topological polar surface area (TPSA) is 72.8 Å². The van der Waals surface area contributed by atoms with Gasteiger partial charge in [-0.3, -0.25) is 4.79 Å². The summed E-state index contributed by atoms with van der Waals surface area (Å²) in [5, 5.41) is 5.66. The Labute approximate surface area is 160 Å². The maximum atomic E-state index is 11.2. The molecule has 27 heavy (non-hydrogen) atoms. The summed E-state index contributed by atoms with van der Waals surface area (Å²) in [7, 11) is -1.13. The van der Waals surface area contributed by atoms with Crippen molar-refractivity contribution < 1.29 is 9.53 Å². The van der Waals surface area contributed by atoms with E-state index in [1.54, 1.807) is 6.20 Å². The van der Waals surface area contributed by atoms with Crippen LogP contribution in [0.1, 0.15) is 27.6 Å². The number of nitrogens with one attached hydrogen (secondary N) is 1. The van der Waals surface area contributed by atoms with Crippen molar-refractivity contribution in [2.75, 3.05) is 6.61 Å². The molecule has 3 aromatic rings. The average Bonchev–Trinajstić information content (AvgIpc) is 3.19. The minimum atomic E-state index is -1.13. The molecule has 0 spiro atoms. The molecule has 3 rings (SSSR count). The number of rotatable bonds is 8. The third-order valence-corrected chi connectivity index (χ3v) is 5.98. The monoisotopic (exact) mass is 382 g/mol. The molecule has 0 aliphatic carbocycles. The van der Waals surface area contributed by atoms with Gasteiger partial charge >= 0.3 is 0 Å². The fraction of sp³-hybridized carbons (Fsp3) is 0.350. The summed E-state index contributed by atoms with van der Waals surface area (Å²) in [5.74, 6) is 0.783. The van der Waals surface area contributed by atoms with Gasteiger partial charge in [0.2, 0.25) is 0 Å². The number of hydrogen-bond donors (Lipinski definition) is 1. The average molecular weight is 383 g/mol. The molecule has 0 aliphatic rings. The molecular weight excluding hydrogens is 356 g/mol. The van der Waals surface area contributed by atoms with Crippen LogP contribution in [0.4, 0.5) is 0 Å². The van der Waals surface area contributed by atoms with Gasteiger partial charge in [0.15, 0.2) is 0 Å². The van der Waals surface area contributed by atoms with Gasteiger partial charge in [-0.25, -0.2) is 9.67 Å². The first-order valence-corrected chi connectivity index (χ1v) is 12.8. The minimum Gasteiger partial charge on any atom is -0.360 e. The third-order valence-electron chi connectivity index (χ3n) is 4.27. The van der Waals surface area contributed by atoms with E-state index < -0.39 is 8.07 Å². The van der Waals surface area contributed by atoms with Gasteiger partial charge in [-0.05, 0) is 37.3 Å². The molecule has 0 saturated heterocycles. The van der Waals surface area contributed by atoms with Crippen molar-refractivity contribution in [2.45, 2.75) is 39.3 Å². The highest BCUT2D eigenvalue weighted by Gasteiger charge is 2.13. The smallest absolute Gasteiger partial charge is 0.150 e. The number of H-pyrrole nitrogens is 1. The van der Waals surface area contributed by atoms with Gasteiger partial charge in [0, 0.05) is 37.5 Å². The SMILES string of the molecule is Cc1cnc(C=Cc2nn(COCC[Si](C)(C)C)c3cc(C=O)ccc23)[nH]1. The molecule has 0 unspecified atom stereocenters. The summed E-state index contributed by atoms with van der Waals surface area (Å²) in [6.07, 6.45) is 6.47. The minimum absolute atomic E-state index is 0.372. The second-order valence-corrected chi connectivity index (χ2v) is 13.5. The zero-order valence-electron chi connectivity index (χ0n) is 16.3. The first-order chi connectivity index (χ1) is 12.9. The third kappa shape index (κ3) is 5.02. The molecule has 0 bridgehead atoms. The first-order valence-electron chi connectivity index (χ1n) is 9.09. The zero-order chi connectivity index (χ0) is 19.4. The van der Waals surface area contributed by atoms with Gasteiger partial charge in [-0.1, -0.05) is 25.7 Å². The van der Waals surface area contributed by atoms with Crippen LogP contribution in [0.15, 0.2) is 24.4 Å². The van der Waals surface area contributed by atoms with Gasteiger partial charge in [0.25, 0.3) is 0 Å². The highest BCUT2D eigenvalue weighted by molar-refractivity contribution is 6.76. The lowest BCUT2D eigenvalue weighted by atomic mass is 10.1. The number of benzene rings is 1. The maximum absolute atomic E-state index is 11.2. The zero-order valence-corrected chi connectivity index (χ0v) is 17.3. The number of nitrogens with zero attached hydrogens (tertiary/aromatic N) is 3. The van der Waals surface area contributed by atoms with Crippen molar-refractivity contribution in [3.63, 3.8) is 0 Å². The lowest BCUT2D eigenvalue weighted by molar-refractivity contribution is 0.0816. The number of aryl methyl sites for hydroxylation is 1. The van der Waals surface area contributed by atoms with Gasteiger partial charge < -0.3 is 9.72 Å². The Hall–Kier alpha value is -2.51. The Balaban J connectivity index is 1.85. The summed E-state index contributed by atoms with van der Waals surface area (Å²) in [4.78, 5) is 18.6. The molecule has 0 amide bonds. The number of fused-ring (bicyclic) bond motifs is 1. The van der Waals surface area contributed by atoms with E-state index >= 15 is 0 Å². The highest BCUT2D eigenvalue weighted by atomic mass is 28.3. The predicted molar refractivity (Wildman–Crippen MR) is 111 cm³/mol. The van der Waals surface area contributed by atoms with Gasteiger partial charge in [-0.2, -0.15) is 5.10 Å². The summed E-state index contributed by atoms with van der Waals surface area (Å²) in [6.45, 7) is 10.0. The lowest BCUT2D eigenvalue weighted by Gasteiger charge is -2.15. The normalized spacial score (nSPS) is 12.3. The number of ether oxygens (including phenoxy) is 1. The number of carbonyl (C=O) groups is 1. The molecule has 0 fully saturated rings. The fourth-order valence-electron chi connectivity index (χ4n) is 2.72. The van der Waals surface area contributed by atoms with E-state index in [4.69, 9.17) is 4.74 Å². The molecule has 1 aromatic carbocycles. The summed E-state index contributed by atoms with van der Waals surface area (Å²) in [6, 6.07) is 6.70. The van der Waals surface area contributed by atoms with Gasteiger partial charge in [0.1, 0.15) is 18.8 Å². The van der Waals surface area contributed by atoms with E-state index in [9.17, 15) is 4.79 Å². The molecule has 0 aliphatic heterocycles. The number of hydrogen-bond acceptors (Lipinski definition) is 4. The van der Waals surface area contributed by atoms with Crippen molar-refractivity contribution in [3.05, 3.63) is 47.2 Å². The van der Waals surface area contributed by atoms with Crippen LogP contribution in [-0.2, 0) is 11.5 Å². The summed E-state index contributed by atoms with van der Waals surface area (Å²) in [5.41, 5.74) is 3.35. The van der Waals surface area contributed by atoms with Gasteiger partial charge in [0.05, 0.1) is 11.2 Å². The molecule has 7 heteroatoms. The molecular formula is C20H26N4O2Si. The van der Waals surface area contributed by atoms with Crippen molar-refractivity contribution >= 4 is 37.4 Å². The van der Waals surface area contributed by atoms with E-state index in [0.717, 1.165) is 47.1 Å². The number of carbonyl (C=O) groups excluding carboxylic acids is 1. The molecule has 0 atom stereocenters. The fourth-order valence-corrected chi connectivity index (χ4v) is 3.47. The number of aromatic nitrogens is 4. The van der Waals surface area contributed by atoms with Crippen LogP contribution in [0, 0.1) is 6.92 Å². The summed E-state index contributed by atoms with van der Waals surface area (Å²) < 4.78 is 7.68. The largest absolute Gasteiger partial charge is 0.360 e. The van der Waals surface area contributed by atoms with E-state index in [1.807, 2.05) is 42.0 Å². The lowest BCUT2D eigenvalue weighted by Crippen LogP contribution is -2.22. The number of imidazole rings is 1. The van der Waals surface area contributed by atoms with Crippen LogP contribution in [0.3, 0.4) is 0 Å². The summed E-state index contributed by atoms with van der Waals surface area (Å²) >= 11 is 0. The van der Waals surface area contributed by atoms with E-state index in [1.165, 1.54) is 0 Å². The maximum Gasteiger partial charge on any atom is 0.150 e. The first kappa shape index (κ1) is 19.3. The molecule has 1 N–H and O–H groups in total. The Morgan fingerprint density at radius 1 is 1.26 bits per heavy atom. The Kier molecular flexibility index (Phi) is 5.72. The van der Waals surface area contributed by atoms with Crippen molar-refractivity contribution in [1.29, 1.82) is 0 Å². The van der Waals surface area contributed by atoms with Crippen molar-refractivity contribution in [3.8, 4) is 0 Å². The number of aldehydes is 1. The Morgan fingerprint density at radius 2 is 2.07 bits per heavy atom. The predicted octanol–water partition coefficient (Wildman–Crippen LogP) is 4.36. The van der Waals surface area contributed by atoms with Crippen molar-refractivity contribution in [1.82, 2.24) is 19.7 Å².